The van der Waals surface area contributed by atoms with Crippen molar-refractivity contribution in [2.24, 2.45) is 0 Å². The number of rotatable bonds is 5. The second-order valence-electron chi connectivity index (χ2n) is 5.56. The molecule has 1 aromatic rings. The van der Waals surface area contributed by atoms with Crippen LogP contribution in [0, 0.1) is 0 Å². The number of aliphatic carboxylic acids is 1. The second-order valence-corrected chi connectivity index (χ2v) is 6.83. The molecular formula is C15H20BrClN2O2. The van der Waals surface area contributed by atoms with E-state index in [-0.39, 0.29) is 6.54 Å². The van der Waals surface area contributed by atoms with Crippen molar-refractivity contribution in [2.45, 2.75) is 25.4 Å². The SMILES string of the molecule is CN(CC(=O)O)C1CCN(Cc2ccc(Cl)c(Br)c2)CC1. The summed E-state index contributed by atoms with van der Waals surface area (Å²) in [6.45, 7) is 3.02. The molecule has 1 fully saturated rings. The summed E-state index contributed by atoms with van der Waals surface area (Å²) >= 11 is 9.45. The van der Waals surface area contributed by atoms with Crippen molar-refractivity contribution in [1.82, 2.24) is 9.80 Å². The van der Waals surface area contributed by atoms with Crippen molar-refractivity contribution in [2.75, 3.05) is 26.7 Å². The fourth-order valence-corrected chi connectivity index (χ4v) is 3.30. The molecule has 2 rings (SSSR count). The van der Waals surface area contributed by atoms with Crippen molar-refractivity contribution in [1.29, 1.82) is 0 Å². The normalized spacial score (nSPS) is 17.3. The van der Waals surface area contributed by atoms with E-state index in [1.165, 1.54) is 5.56 Å². The van der Waals surface area contributed by atoms with Gasteiger partial charge in [0, 0.05) is 17.1 Å². The lowest BCUT2D eigenvalue weighted by Gasteiger charge is -2.36. The third kappa shape index (κ3) is 4.95. The van der Waals surface area contributed by atoms with E-state index < -0.39 is 5.97 Å². The van der Waals surface area contributed by atoms with Crippen LogP contribution >= 0.6 is 27.5 Å². The summed E-state index contributed by atoms with van der Waals surface area (Å²) in [6.07, 6.45) is 2.02. The Morgan fingerprint density at radius 2 is 2.14 bits per heavy atom. The minimum absolute atomic E-state index is 0.120. The highest BCUT2D eigenvalue weighted by molar-refractivity contribution is 9.10. The second kappa shape index (κ2) is 7.58. The van der Waals surface area contributed by atoms with Gasteiger partial charge in [-0.1, -0.05) is 17.7 Å². The van der Waals surface area contributed by atoms with Crippen LogP contribution in [0.5, 0.6) is 0 Å². The fourth-order valence-electron chi connectivity index (χ4n) is 2.76. The Hall–Kier alpha value is -0.620. The van der Waals surface area contributed by atoms with Gasteiger partial charge in [0.25, 0.3) is 0 Å². The number of hydrogen-bond donors (Lipinski definition) is 1. The first-order valence-electron chi connectivity index (χ1n) is 7.04. The van der Waals surface area contributed by atoms with Crippen LogP contribution in [0.1, 0.15) is 18.4 Å². The van der Waals surface area contributed by atoms with Crippen LogP contribution in [-0.4, -0.2) is 53.6 Å². The van der Waals surface area contributed by atoms with E-state index in [2.05, 4.69) is 33.0 Å². The maximum absolute atomic E-state index is 10.7. The summed E-state index contributed by atoms with van der Waals surface area (Å²) in [5.74, 6) is -0.758. The Kier molecular flexibility index (Phi) is 6.05. The maximum atomic E-state index is 10.7. The van der Waals surface area contributed by atoms with Crippen LogP contribution in [0.3, 0.4) is 0 Å². The van der Waals surface area contributed by atoms with Gasteiger partial charge >= 0.3 is 5.97 Å². The lowest BCUT2D eigenvalue weighted by atomic mass is 10.0. The Labute approximate surface area is 138 Å². The Balaban J connectivity index is 1.83. The highest BCUT2D eigenvalue weighted by Gasteiger charge is 2.23. The average Bonchev–Trinajstić information content (AvgIpc) is 2.43. The van der Waals surface area contributed by atoms with Crippen LogP contribution < -0.4 is 0 Å². The molecule has 0 aliphatic carbocycles. The summed E-state index contributed by atoms with van der Waals surface area (Å²) in [4.78, 5) is 15.1. The highest BCUT2D eigenvalue weighted by Crippen LogP contribution is 2.25. The molecule has 0 bridgehead atoms. The molecule has 0 aromatic heterocycles. The number of carboxylic acid groups (broad SMARTS) is 1. The number of likely N-dealkylation sites (N-methyl/N-ethyl adjacent to an activating group) is 1. The zero-order chi connectivity index (χ0) is 15.4. The van der Waals surface area contributed by atoms with Gasteiger partial charge in [-0.2, -0.15) is 0 Å². The van der Waals surface area contributed by atoms with Gasteiger partial charge in [0.2, 0.25) is 0 Å². The van der Waals surface area contributed by atoms with Crippen molar-refractivity contribution >= 4 is 33.5 Å². The molecule has 1 aliphatic heterocycles. The van der Waals surface area contributed by atoms with Gasteiger partial charge in [0.1, 0.15) is 0 Å². The minimum Gasteiger partial charge on any atom is -0.480 e. The van der Waals surface area contributed by atoms with E-state index in [1.807, 2.05) is 18.0 Å². The van der Waals surface area contributed by atoms with E-state index >= 15 is 0 Å². The topological polar surface area (TPSA) is 43.8 Å². The third-order valence-electron chi connectivity index (χ3n) is 3.96. The van der Waals surface area contributed by atoms with E-state index in [0.29, 0.717) is 6.04 Å². The molecule has 1 aromatic carbocycles. The van der Waals surface area contributed by atoms with Crippen molar-refractivity contribution in [3.8, 4) is 0 Å². The summed E-state index contributed by atoms with van der Waals surface area (Å²) in [6, 6.07) is 6.39. The molecule has 0 amide bonds. The molecule has 6 heteroatoms. The molecule has 0 unspecified atom stereocenters. The quantitative estimate of drug-likeness (QED) is 0.859. The minimum atomic E-state index is -0.758. The van der Waals surface area contributed by atoms with Gasteiger partial charge in [-0.15, -0.1) is 0 Å². The predicted octanol–water partition coefficient (Wildman–Crippen LogP) is 3.08. The van der Waals surface area contributed by atoms with Crippen molar-refractivity contribution in [3.63, 3.8) is 0 Å². The van der Waals surface area contributed by atoms with Gasteiger partial charge in [-0.25, -0.2) is 0 Å². The summed E-state index contributed by atoms with van der Waals surface area (Å²) in [5, 5.41) is 9.57. The van der Waals surface area contributed by atoms with Gasteiger partial charge in [0.15, 0.2) is 0 Å². The number of piperidine rings is 1. The molecular weight excluding hydrogens is 356 g/mol. The molecule has 0 saturated carbocycles. The molecule has 4 nitrogen and oxygen atoms in total. The van der Waals surface area contributed by atoms with Gasteiger partial charge in [-0.3, -0.25) is 14.6 Å². The molecule has 0 spiro atoms. The molecule has 1 aliphatic rings. The lowest BCUT2D eigenvalue weighted by molar-refractivity contribution is -0.138. The molecule has 1 heterocycles. The lowest BCUT2D eigenvalue weighted by Crippen LogP contribution is -2.44. The van der Waals surface area contributed by atoms with E-state index in [4.69, 9.17) is 16.7 Å². The first-order chi connectivity index (χ1) is 9.95. The number of likely N-dealkylation sites (tertiary alicyclic amines) is 1. The van der Waals surface area contributed by atoms with Crippen LogP contribution in [0.15, 0.2) is 22.7 Å². The standard InChI is InChI=1S/C15H20BrClN2O2/c1-18(10-15(20)21)12-4-6-19(7-5-12)9-11-2-3-14(17)13(16)8-11/h2-3,8,12H,4-7,9-10H2,1H3,(H,20,21). The van der Waals surface area contributed by atoms with E-state index in [1.54, 1.807) is 0 Å². The predicted molar refractivity (Wildman–Crippen MR) is 87.7 cm³/mol. The number of carbonyl (C=O) groups is 1. The summed E-state index contributed by atoms with van der Waals surface area (Å²) < 4.78 is 0.928. The molecule has 21 heavy (non-hydrogen) atoms. The number of carboxylic acids is 1. The number of benzene rings is 1. The first-order valence-corrected chi connectivity index (χ1v) is 8.21. The fraction of sp³-hybridized carbons (Fsp3) is 0.533. The number of halogens is 2. The van der Waals surface area contributed by atoms with Crippen LogP contribution in [0.2, 0.25) is 5.02 Å². The van der Waals surface area contributed by atoms with E-state index in [0.717, 1.165) is 42.0 Å². The van der Waals surface area contributed by atoms with E-state index in [9.17, 15) is 4.79 Å². The Bertz CT molecular complexity index is 504. The van der Waals surface area contributed by atoms with Gasteiger partial charge in [-0.05, 0) is 66.6 Å². The Morgan fingerprint density at radius 1 is 1.48 bits per heavy atom. The molecule has 1 saturated heterocycles. The third-order valence-corrected chi connectivity index (χ3v) is 5.17. The molecule has 0 radical (unpaired) electrons. The zero-order valence-electron chi connectivity index (χ0n) is 12.1. The summed E-state index contributed by atoms with van der Waals surface area (Å²) in [7, 11) is 1.89. The van der Waals surface area contributed by atoms with Crippen molar-refractivity contribution in [3.05, 3.63) is 33.3 Å². The summed E-state index contributed by atoms with van der Waals surface area (Å²) in [5.41, 5.74) is 1.24. The average molecular weight is 376 g/mol. The molecule has 116 valence electrons. The number of hydrogen-bond acceptors (Lipinski definition) is 3. The number of nitrogens with zero attached hydrogens (tertiary/aromatic N) is 2. The van der Waals surface area contributed by atoms with Gasteiger partial charge in [0.05, 0.1) is 11.6 Å². The first kappa shape index (κ1) is 16.7. The zero-order valence-corrected chi connectivity index (χ0v) is 14.4. The molecule has 1 N–H and O–H groups in total. The molecule has 0 atom stereocenters. The van der Waals surface area contributed by atoms with Crippen molar-refractivity contribution < 1.29 is 9.90 Å². The van der Waals surface area contributed by atoms with Gasteiger partial charge < -0.3 is 5.11 Å². The monoisotopic (exact) mass is 374 g/mol. The van der Waals surface area contributed by atoms with Crippen LogP contribution in [0.25, 0.3) is 0 Å². The Morgan fingerprint density at radius 3 is 2.71 bits per heavy atom. The largest absolute Gasteiger partial charge is 0.480 e. The van der Waals surface area contributed by atoms with Crippen LogP contribution in [-0.2, 0) is 11.3 Å². The van der Waals surface area contributed by atoms with Crippen LogP contribution in [0.4, 0.5) is 0 Å². The maximum Gasteiger partial charge on any atom is 0.317 e. The smallest absolute Gasteiger partial charge is 0.317 e. The highest BCUT2D eigenvalue weighted by atomic mass is 79.9.